The smallest absolute Gasteiger partial charge is 0.131 e. The molecule has 3 aromatic carbocycles. The lowest BCUT2D eigenvalue weighted by Gasteiger charge is -2.30. The number of halogens is 1. The number of methoxy groups -OCH3 is 1. The van der Waals surface area contributed by atoms with Crippen molar-refractivity contribution in [3.05, 3.63) is 82.7 Å². The highest BCUT2D eigenvalue weighted by Crippen LogP contribution is 2.51. The molecule has 0 heterocycles. The second kappa shape index (κ2) is 9.68. The van der Waals surface area contributed by atoms with Gasteiger partial charge in [0.2, 0.25) is 0 Å². The maximum Gasteiger partial charge on any atom is 0.131 e. The summed E-state index contributed by atoms with van der Waals surface area (Å²) in [6.07, 6.45) is 7.12. The third-order valence-corrected chi connectivity index (χ3v) is 8.43. The van der Waals surface area contributed by atoms with Crippen molar-refractivity contribution in [3.63, 3.8) is 0 Å². The van der Waals surface area contributed by atoms with Crippen molar-refractivity contribution in [2.75, 3.05) is 7.11 Å². The predicted octanol–water partition coefficient (Wildman–Crippen LogP) is 8.81. The number of aryl methyl sites for hydroxylation is 1. The summed E-state index contributed by atoms with van der Waals surface area (Å²) in [5.74, 6) is 2.44. The molecule has 0 amide bonds. The summed E-state index contributed by atoms with van der Waals surface area (Å²) >= 11 is 0. The maximum absolute atomic E-state index is 15.0. The SMILES string of the molecule is CC[C@@H]1CCc2ccc(OCc3ccc(-c4cc(OC)ccc4F)c([C@H]4CCCC4(C)C)c3)cc21. The first-order valence-corrected chi connectivity index (χ1v) is 13.1. The molecule has 2 nitrogen and oxygen atoms in total. The molecule has 1 fully saturated rings. The third-order valence-electron chi connectivity index (χ3n) is 8.43. The Labute approximate surface area is 209 Å². The van der Waals surface area contributed by atoms with Crippen LogP contribution in [0.3, 0.4) is 0 Å². The number of fused-ring (bicyclic) bond motifs is 1. The van der Waals surface area contributed by atoms with E-state index in [2.05, 4.69) is 57.2 Å². The Morgan fingerprint density at radius 3 is 2.49 bits per heavy atom. The number of ether oxygens (including phenoxy) is 2. The zero-order chi connectivity index (χ0) is 24.6. The van der Waals surface area contributed by atoms with Gasteiger partial charge in [0.15, 0.2) is 0 Å². The van der Waals surface area contributed by atoms with Crippen LogP contribution in [0.5, 0.6) is 11.5 Å². The summed E-state index contributed by atoms with van der Waals surface area (Å²) in [4.78, 5) is 0. The Kier molecular flexibility index (Phi) is 6.61. The van der Waals surface area contributed by atoms with Crippen molar-refractivity contribution >= 4 is 0 Å². The Morgan fingerprint density at radius 1 is 0.914 bits per heavy atom. The van der Waals surface area contributed by atoms with Crippen molar-refractivity contribution in [3.8, 4) is 22.6 Å². The fourth-order valence-electron chi connectivity index (χ4n) is 6.32. The number of benzene rings is 3. The van der Waals surface area contributed by atoms with E-state index in [9.17, 15) is 0 Å². The summed E-state index contributed by atoms with van der Waals surface area (Å²) < 4.78 is 26.7. The lowest BCUT2D eigenvalue weighted by Crippen LogP contribution is -2.17. The molecule has 0 unspecified atom stereocenters. The van der Waals surface area contributed by atoms with Gasteiger partial charge < -0.3 is 9.47 Å². The van der Waals surface area contributed by atoms with Gasteiger partial charge in [-0.05, 0) is 108 Å². The van der Waals surface area contributed by atoms with Crippen LogP contribution < -0.4 is 9.47 Å². The van der Waals surface area contributed by atoms with E-state index in [0.717, 1.165) is 23.3 Å². The molecule has 2 atom stereocenters. The molecule has 5 rings (SSSR count). The van der Waals surface area contributed by atoms with Crippen molar-refractivity contribution in [2.24, 2.45) is 5.41 Å². The van der Waals surface area contributed by atoms with Gasteiger partial charge in [0, 0.05) is 5.56 Å². The fraction of sp³-hybridized carbons (Fsp3) is 0.438. The minimum absolute atomic E-state index is 0.179. The third kappa shape index (κ3) is 4.70. The van der Waals surface area contributed by atoms with Crippen LogP contribution in [0, 0.1) is 11.2 Å². The van der Waals surface area contributed by atoms with Gasteiger partial charge in [0.25, 0.3) is 0 Å². The van der Waals surface area contributed by atoms with Gasteiger partial charge in [-0.25, -0.2) is 4.39 Å². The van der Waals surface area contributed by atoms with E-state index in [-0.39, 0.29) is 11.2 Å². The average molecular weight is 473 g/mol. The minimum atomic E-state index is -0.213. The molecule has 0 spiro atoms. The van der Waals surface area contributed by atoms with Gasteiger partial charge in [-0.2, -0.15) is 0 Å². The lowest BCUT2D eigenvalue weighted by atomic mass is 9.75. The quantitative estimate of drug-likeness (QED) is 0.342. The zero-order valence-electron chi connectivity index (χ0n) is 21.5. The molecule has 0 aromatic heterocycles. The van der Waals surface area contributed by atoms with E-state index in [1.807, 2.05) is 6.07 Å². The predicted molar refractivity (Wildman–Crippen MR) is 141 cm³/mol. The number of hydrogen-bond donors (Lipinski definition) is 0. The molecule has 35 heavy (non-hydrogen) atoms. The number of rotatable bonds is 7. The van der Waals surface area contributed by atoms with E-state index >= 15 is 4.39 Å². The largest absolute Gasteiger partial charge is 0.497 e. The van der Waals surface area contributed by atoms with E-state index in [1.54, 1.807) is 13.2 Å². The first kappa shape index (κ1) is 23.9. The standard InChI is InChI=1S/C32H37FO2/c1-5-22-9-10-23-11-12-25(19-27(22)23)35-20-21-8-14-26(29-18-24(34-4)13-15-31(29)33)28(17-21)30-7-6-16-32(30,2)3/h8,11-15,17-19,22,30H,5-7,9-10,16,20H2,1-4H3/t22-,30-/m1/s1. The van der Waals surface area contributed by atoms with Gasteiger partial charge in [0.05, 0.1) is 7.11 Å². The second-order valence-electron chi connectivity index (χ2n) is 11.0. The van der Waals surface area contributed by atoms with Crippen LogP contribution in [-0.2, 0) is 13.0 Å². The first-order valence-electron chi connectivity index (χ1n) is 13.1. The van der Waals surface area contributed by atoms with Gasteiger partial charge in [-0.15, -0.1) is 0 Å². The highest BCUT2D eigenvalue weighted by atomic mass is 19.1. The Bertz CT molecular complexity index is 1210. The van der Waals surface area contributed by atoms with E-state index < -0.39 is 0 Å². The summed E-state index contributed by atoms with van der Waals surface area (Å²) in [5, 5.41) is 0. The molecule has 2 aliphatic carbocycles. The van der Waals surface area contributed by atoms with Gasteiger partial charge in [0.1, 0.15) is 23.9 Å². The molecule has 0 radical (unpaired) electrons. The summed E-state index contributed by atoms with van der Waals surface area (Å²) in [6.45, 7) is 7.46. The molecule has 0 aliphatic heterocycles. The molecule has 3 aromatic rings. The minimum Gasteiger partial charge on any atom is -0.497 e. The monoisotopic (exact) mass is 472 g/mol. The van der Waals surface area contributed by atoms with Crippen LogP contribution in [0.25, 0.3) is 11.1 Å². The topological polar surface area (TPSA) is 18.5 Å². The maximum atomic E-state index is 15.0. The summed E-state index contributed by atoms with van der Waals surface area (Å²) in [5.41, 5.74) is 7.04. The van der Waals surface area contributed by atoms with Gasteiger partial charge >= 0.3 is 0 Å². The first-order chi connectivity index (χ1) is 16.9. The van der Waals surface area contributed by atoms with E-state index in [4.69, 9.17) is 9.47 Å². The fourth-order valence-corrected chi connectivity index (χ4v) is 6.32. The number of hydrogen-bond acceptors (Lipinski definition) is 2. The van der Waals surface area contributed by atoms with E-state index in [1.165, 1.54) is 54.9 Å². The Morgan fingerprint density at radius 2 is 1.74 bits per heavy atom. The molecule has 184 valence electrons. The molecule has 3 heteroatoms. The lowest BCUT2D eigenvalue weighted by molar-refractivity contribution is 0.304. The van der Waals surface area contributed by atoms with Gasteiger partial charge in [-0.1, -0.05) is 51.5 Å². The zero-order valence-corrected chi connectivity index (χ0v) is 21.5. The Balaban J connectivity index is 1.47. The molecule has 0 saturated heterocycles. The molecule has 1 saturated carbocycles. The van der Waals surface area contributed by atoms with Crippen molar-refractivity contribution in [2.45, 2.75) is 77.7 Å². The van der Waals surface area contributed by atoms with Crippen LogP contribution in [-0.4, -0.2) is 7.11 Å². The summed E-state index contributed by atoms with van der Waals surface area (Å²) in [7, 11) is 1.63. The molecule has 0 N–H and O–H groups in total. The normalized spacial score (nSPS) is 20.6. The second-order valence-corrected chi connectivity index (χ2v) is 11.0. The van der Waals surface area contributed by atoms with Crippen LogP contribution >= 0.6 is 0 Å². The molecular formula is C32H37FO2. The summed E-state index contributed by atoms with van der Waals surface area (Å²) in [6, 6.07) is 18.0. The van der Waals surface area contributed by atoms with Crippen molar-refractivity contribution < 1.29 is 13.9 Å². The van der Waals surface area contributed by atoms with E-state index in [0.29, 0.717) is 29.8 Å². The van der Waals surface area contributed by atoms with Gasteiger partial charge in [-0.3, -0.25) is 0 Å². The van der Waals surface area contributed by atoms with Crippen LogP contribution in [0.2, 0.25) is 0 Å². The van der Waals surface area contributed by atoms with Crippen LogP contribution in [0.15, 0.2) is 54.6 Å². The molecule has 2 aliphatic rings. The Hall–Kier alpha value is -2.81. The highest BCUT2D eigenvalue weighted by molar-refractivity contribution is 5.71. The van der Waals surface area contributed by atoms with Crippen LogP contribution in [0.1, 0.15) is 87.0 Å². The molecule has 0 bridgehead atoms. The van der Waals surface area contributed by atoms with Crippen molar-refractivity contribution in [1.29, 1.82) is 0 Å². The van der Waals surface area contributed by atoms with Crippen molar-refractivity contribution in [1.82, 2.24) is 0 Å². The van der Waals surface area contributed by atoms with Crippen LogP contribution in [0.4, 0.5) is 4.39 Å². The average Bonchev–Trinajstić information content (AvgIpc) is 3.44. The molecular weight excluding hydrogens is 435 g/mol. The highest BCUT2D eigenvalue weighted by Gasteiger charge is 2.37.